The van der Waals surface area contributed by atoms with Crippen molar-refractivity contribution in [2.45, 2.75) is 31.7 Å². The summed E-state index contributed by atoms with van der Waals surface area (Å²) < 4.78 is 10.7. The van der Waals surface area contributed by atoms with E-state index in [0.717, 1.165) is 30.8 Å². The highest BCUT2D eigenvalue weighted by Crippen LogP contribution is 2.47. The highest BCUT2D eigenvalue weighted by atomic mass is 16.7. The van der Waals surface area contributed by atoms with Crippen molar-refractivity contribution in [2.75, 3.05) is 6.79 Å². The second-order valence-electron chi connectivity index (χ2n) is 4.37. The van der Waals surface area contributed by atoms with Crippen molar-refractivity contribution >= 4 is 0 Å². The number of rotatable bonds is 2. The number of benzene rings is 1. The molecule has 3 nitrogen and oxygen atoms in total. The van der Waals surface area contributed by atoms with Gasteiger partial charge in [0, 0.05) is 5.54 Å². The molecule has 0 unspecified atom stereocenters. The topological polar surface area (TPSA) is 44.5 Å². The zero-order valence-electron chi connectivity index (χ0n) is 8.88. The van der Waals surface area contributed by atoms with E-state index in [2.05, 4.69) is 19.1 Å². The first-order valence-corrected chi connectivity index (χ1v) is 5.45. The smallest absolute Gasteiger partial charge is 0.231 e. The summed E-state index contributed by atoms with van der Waals surface area (Å²) >= 11 is 0. The van der Waals surface area contributed by atoms with Gasteiger partial charge in [-0.1, -0.05) is 6.92 Å². The van der Waals surface area contributed by atoms with E-state index in [9.17, 15) is 0 Å². The Bertz CT molecular complexity index is 410. The lowest BCUT2D eigenvalue weighted by molar-refractivity contribution is 0.174. The molecule has 0 spiro atoms. The minimum absolute atomic E-state index is 0.0909. The Morgan fingerprint density at radius 2 is 1.93 bits per heavy atom. The van der Waals surface area contributed by atoms with Gasteiger partial charge in [0.05, 0.1) is 0 Å². The average molecular weight is 205 g/mol. The lowest BCUT2D eigenvalue weighted by Crippen LogP contribution is -2.20. The molecule has 0 atom stereocenters. The fourth-order valence-corrected chi connectivity index (χ4v) is 2.14. The zero-order valence-corrected chi connectivity index (χ0v) is 8.88. The first kappa shape index (κ1) is 9.04. The van der Waals surface area contributed by atoms with Crippen molar-refractivity contribution in [3.05, 3.63) is 23.3 Å². The number of aryl methyl sites for hydroxylation is 1. The fraction of sp³-hybridized carbons (Fsp3) is 0.500. The SMILES string of the molecule is CCc1cc2c(cc1C1(N)CC1)OCO2. The molecule has 1 aliphatic heterocycles. The molecule has 15 heavy (non-hydrogen) atoms. The maximum Gasteiger partial charge on any atom is 0.231 e. The summed E-state index contributed by atoms with van der Waals surface area (Å²) in [6.07, 6.45) is 3.16. The Kier molecular flexibility index (Phi) is 1.74. The van der Waals surface area contributed by atoms with Crippen LogP contribution in [0, 0.1) is 0 Å². The van der Waals surface area contributed by atoms with E-state index in [1.807, 2.05) is 0 Å². The fourth-order valence-electron chi connectivity index (χ4n) is 2.14. The summed E-state index contributed by atoms with van der Waals surface area (Å²) in [7, 11) is 0. The predicted molar refractivity (Wildman–Crippen MR) is 57.0 cm³/mol. The van der Waals surface area contributed by atoms with Crippen molar-refractivity contribution in [1.29, 1.82) is 0 Å². The minimum Gasteiger partial charge on any atom is -0.454 e. The molecular weight excluding hydrogens is 190 g/mol. The largest absolute Gasteiger partial charge is 0.454 e. The Morgan fingerprint density at radius 1 is 1.27 bits per heavy atom. The summed E-state index contributed by atoms with van der Waals surface area (Å²) in [5.41, 5.74) is 8.69. The van der Waals surface area contributed by atoms with Gasteiger partial charge in [0.2, 0.25) is 6.79 Å². The van der Waals surface area contributed by atoms with Gasteiger partial charge in [0.25, 0.3) is 0 Å². The molecule has 0 aromatic heterocycles. The molecule has 3 heteroatoms. The Balaban J connectivity index is 2.12. The van der Waals surface area contributed by atoms with E-state index >= 15 is 0 Å². The Morgan fingerprint density at radius 3 is 2.53 bits per heavy atom. The number of fused-ring (bicyclic) bond motifs is 1. The molecule has 1 saturated carbocycles. The average Bonchev–Trinajstić information content (AvgIpc) is 2.83. The second-order valence-corrected chi connectivity index (χ2v) is 4.37. The van der Waals surface area contributed by atoms with E-state index in [1.165, 1.54) is 11.1 Å². The first-order chi connectivity index (χ1) is 7.23. The molecule has 0 bridgehead atoms. The third-order valence-corrected chi connectivity index (χ3v) is 3.30. The van der Waals surface area contributed by atoms with Crippen molar-refractivity contribution in [3.63, 3.8) is 0 Å². The van der Waals surface area contributed by atoms with Gasteiger partial charge in [-0.25, -0.2) is 0 Å². The summed E-state index contributed by atoms with van der Waals surface area (Å²) in [6.45, 7) is 2.48. The van der Waals surface area contributed by atoms with Crippen LogP contribution in [0.5, 0.6) is 11.5 Å². The monoisotopic (exact) mass is 205 g/mol. The van der Waals surface area contributed by atoms with Crippen molar-refractivity contribution in [2.24, 2.45) is 5.73 Å². The molecule has 1 aromatic carbocycles. The van der Waals surface area contributed by atoms with Crippen molar-refractivity contribution in [3.8, 4) is 11.5 Å². The number of hydrogen-bond acceptors (Lipinski definition) is 3. The van der Waals surface area contributed by atoms with Crippen LogP contribution in [0.2, 0.25) is 0 Å². The molecule has 1 fully saturated rings. The van der Waals surface area contributed by atoms with E-state index < -0.39 is 0 Å². The normalized spacial score (nSPS) is 20.4. The molecule has 0 radical (unpaired) electrons. The quantitative estimate of drug-likeness (QED) is 0.802. The van der Waals surface area contributed by atoms with Gasteiger partial charge < -0.3 is 15.2 Å². The molecule has 1 aromatic rings. The van der Waals surface area contributed by atoms with Crippen LogP contribution in [0.15, 0.2) is 12.1 Å². The molecule has 0 amide bonds. The van der Waals surface area contributed by atoms with Crippen LogP contribution in [0.3, 0.4) is 0 Å². The predicted octanol–water partition coefficient (Wildman–Crippen LogP) is 1.93. The third-order valence-electron chi connectivity index (χ3n) is 3.30. The number of ether oxygens (including phenoxy) is 2. The van der Waals surface area contributed by atoms with Gasteiger partial charge in [-0.15, -0.1) is 0 Å². The van der Waals surface area contributed by atoms with Gasteiger partial charge in [0.1, 0.15) is 0 Å². The van der Waals surface area contributed by atoms with Crippen LogP contribution in [0.1, 0.15) is 30.9 Å². The third kappa shape index (κ3) is 1.30. The van der Waals surface area contributed by atoms with Crippen LogP contribution in [-0.4, -0.2) is 6.79 Å². The van der Waals surface area contributed by atoms with E-state index in [0.29, 0.717) is 6.79 Å². The van der Waals surface area contributed by atoms with Crippen LogP contribution in [0.25, 0.3) is 0 Å². The summed E-state index contributed by atoms with van der Waals surface area (Å²) in [6, 6.07) is 4.14. The summed E-state index contributed by atoms with van der Waals surface area (Å²) in [5, 5.41) is 0. The second kappa shape index (κ2) is 2.89. The molecule has 0 saturated heterocycles. The first-order valence-electron chi connectivity index (χ1n) is 5.45. The molecule has 80 valence electrons. The van der Waals surface area contributed by atoms with E-state index in [-0.39, 0.29) is 5.54 Å². The Hall–Kier alpha value is -1.22. The highest BCUT2D eigenvalue weighted by Gasteiger charge is 2.42. The summed E-state index contributed by atoms with van der Waals surface area (Å²) in [5.74, 6) is 1.71. The van der Waals surface area contributed by atoms with Gasteiger partial charge in [0.15, 0.2) is 11.5 Å². The molecular formula is C12H15NO2. The standard InChI is InChI=1S/C12H15NO2/c1-2-8-5-10-11(15-7-14-10)6-9(8)12(13)3-4-12/h5-6H,2-4,7,13H2,1H3. The number of nitrogens with two attached hydrogens (primary N) is 1. The molecule has 1 heterocycles. The van der Waals surface area contributed by atoms with Gasteiger partial charge >= 0.3 is 0 Å². The van der Waals surface area contributed by atoms with Crippen LogP contribution < -0.4 is 15.2 Å². The molecule has 2 aliphatic rings. The lowest BCUT2D eigenvalue weighted by atomic mass is 9.96. The van der Waals surface area contributed by atoms with E-state index in [4.69, 9.17) is 15.2 Å². The molecule has 1 aliphatic carbocycles. The van der Waals surface area contributed by atoms with Gasteiger partial charge in [-0.2, -0.15) is 0 Å². The van der Waals surface area contributed by atoms with Crippen LogP contribution in [-0.2, 0) is 12.0 Å². The number of hydrogen-bond donors (Lipinski definition) is 1. The van der Waals surface area contributed by atoms with Crippen LogP contribution >= 0.6 is 0 Å². The highest BCUT2D eigenvalue weighted by molar-refractivity contribution is 5.52. The maximum atomic E-state index is 6.24. The maximum absolute atomic E-state index is 6.24. The van der Waals surface area contributed by atoms with Crippen molar-refractivity contribution in [1.82, 2.24) is 0 Å². The Labute approximate surface area is 89.2 Å². The van der Waals surface area contributed by atoms with Gasteiger partial charge in [-0.05, 0) is 42.5 Å². The summed E-state index contributed by atoms with van der Waals surface area (Å²) in [4.78, 5) is 0. The molecule has 2 N–H and O–H groups in total. The van der Waals surface area contributed by atoms with Crippen LogP contribution in [0.4, 0.5) is 0 Å². The van der Waals surface area contributed by atoms with Gasteiger partial charge in [-0.3, -0.25) is 0 Å². The lowest BCUT2D eigenvalue weighted by Gasteiger charge is -2.15. The zero-order chi connectivity index (χ0) is 10.5. The van der Waals surface area contributed by atoms with E-state index in [1.54, 1.807) is 0 Å². The minimum atomic E-state index is -0.0909. The van der Waals surface area contributed by atoms with Crippen molar-refractivity contribution < 1.29 is 9.47 Å². The molecule has 3 rings (SSSR count).